The highest BCUT2D eigenvalue weighted by molar-refractivity contribution is 6.30. The van der Waals surface area contributed by atoms with E-state index in [1.54, 1.807) is 48.7 Å². The molecular formula is C21H17ClF3N3O. The summed E-state index contributed by atoms with van der Waals surface area (Å²) in [5.74, 6) is -0.625. The van der Waals surface area contributed by atoms with Crippen molar-refractivity contribution in [2.75, 3.05) is 5.32 Å². The van der Waals surface area contributed by atoms with Crippen molar-refractivity contribution in [2.45, 2.75) is 18.8 Å². The van der Waals surface area contributed by atoms with Crippen LogP contribution in [-0.2, 0) is 17.5 Å². The van der Waals surface area contributed by atoms with Crippen LogP contribution in [0.5, 0.6) is 0 Å². The molecule has 3 aromatic rings. The molecule has 1 amide bonds. The number of halogens is 4. The molecule has 8 heteroatoms. The zero-order valence-corrected chi connectivity index (χ0v) is 15.8. The van der Waals surface area contributed by atoms with Crippen molar-refractivity contribution in [3.8, 4) is 0 Å². The standard InChI is InChI=1S/C21H17ClF3N3O/c22-15-9-10-18(17(12-15)21(23,24)25)28-20(29)19(14-6-2-1-3-7-14)27-13-16-8-4-5-11-26-16/h1-12,19,27H,13H2,(H,28,29)/t19-/m0/s1. The minimum Gasteiger partial charge on any atom is -0.324 e. The summed E-state index contributed by atoms with van der Waals surface area (Å²) in [4.78, 5) is 17.1. The summed E-state index contributed by atoms with van der Waals surface area (Å²) in [5.41, 5.74) is -0.0467. The van der Waals surface area contributed by atoms with Gasteiger partial charge in [-0.2, -0.15) is 13.2 Å². The number of anilines is 1. The molecule has 1 atom stereocenters. The van der Waals surface area contributed by atoms with Crippen LogP contribution in [0.2, 0.25) is 5.02 Å². The molecule has 0 aliphatic heterocycles. The highest BCUT2D eigenvalue weighted by Crippen LogP contribution is 2.36. The molecule has 2 N–H and O–H groups in total. The summed E-state index contributed by atoms with van der Waals surface area (Å²) in [6.45, 7) is 0.264. The van der Waals surface area contributed by atoms with Crippen LogP contribution in [0, 0.1) is 0 Å². The molecule has 0 unspecified atom stereocenters. The van der Waals surface area contributed by atoms with E-state index in [0.29, 0.717) is 11.3 Å². The molecule has 0 radical (unpaired) electrons. The van der Waals surface area contributed by atoms with E-state index in [9.17, 15) is 18.0 Å². The molecule has 0 aliphatic carbocycles. The number of carbonyl (C=O) groups excluding carboxylic acids is 1. The Kier molecular flexibility index (Phi) is 6.51. The molecule has 1 aromatic heterocycles. The molecule has 4 nitrogen and oxygen atoms in total. The second-order valence-corrected chi connectivity index (χ2v) is 6.66. The number of rotatable bonds is 6. The molecule has 29 heavy (non-hydrogen) atoms. The SMILES string of the molecule is O=C(Nc1ccc(Cl)cc1C(F)(F)F)[C@@H](NCc1ccccn1)c1ccccc1. The van der Waals surface area contributed by atoms with Crippen LogP contribution in [-0.4, -0.2) is 10.9 Å². The largest absolute Gasteiger partial charge is 0.418 e. The van der Waals surface area contributed by atoms with Crippen LogP contribution in [0.1, 0.15) is 22.9 Å². The van der Waals surface area contributed by atoms with Gasteiger partial charge in [-0.1, -0.05) is 48.0 Å². The highest BCUT2D eigenvalue weighted by atomic mass is 35.5. The lowest BCUT2D eigenvalue weighted by atomic mass is 10.1. The molecular weight excluding hydrogens is 403 g/mol. The van der Waals surface area contributed by atoms with Crippen molar-refractivity contribution in [1.29, 1.82) is 0 Å². The minimum atomic E-state index is -4.66. The Morgan fingerprint density at radius 3 is 2.41 bits per heavy atom. The fourth-order valence-electron chi connectivity index (χ4n) is 2.78. The van der Waals surface area contributed by atoms with Crippen molar-refractivity contribution >= 4 is 23.2 Å². The summed E-state index contributed by atoms with van der Waals surface area (Å²) in [5, 5.41) is 5.37. The van der Waals surface area contributed by atoms with Gasteiger partial charge in [0.25, 0.3) is 0 Å². The smallest absolute Gasteiger partial charge is 0.324 e. The second-order valence-electron chi connectivity index (χ2n) is 6.22. The Bertz CT molecular complexity index is 966. The van der Waals surface area contributed by atoms with E-state index < -0.39 is 23.7 Å². The first-order valence-corrected chi connectivity index (χ1v) is 9.08. The number of hydrogen-bond donors (Lipinski definition) is 2. The average molecular weight is 420 g/mol. The van der Waals surface area contributed by atoms with Gasteiger partial charge in [0, 0.05) is 17.8 Å². The van der Waals surface area contributed by atoms with Gasteiger partial charge in [-0.25, -0.2) is 0 Å². The van der Waals surface area contributed by atoms with Gasteiger partial charge < -0.3 is 5.32 Å². The number of pyridine rings is 1. The number of alkyl halides is 3. The Hall–Kier alpha value is -2.90. The summed E-state index contributed by atoms with van der Waals surface area (Å²) in [7, 11) is 0. The molecule has 0 saturated carbocycles. The van der Waals surface area contributed by atoms with Gasteiger partial charge in [-0.05, 0) is 35.9 Å². The molecule has 0 fully saturated rings. The minimum absolute atomic E-state index is 0.0665. The first-order valence-electron chi connectivity index (χ1n) is 8.70. The van der Waals surface area contributed by atoms with E-state index in [2.05, 4.69) is 15.6 Å². The number of aromatic nitrogens is 1. The maximum Gasteiger partial charge on any atom is 0.418 e. The first kappa shape index (κ1) is 20.8. The number of benzene rings is 2. The van der Waals surface area contributed by atoms with E-state index in [-0.39, 0.29) is 17.3 Å². The summed E-state index contributed by atoms with van der Waals surface area (Å²) in [6.07, 6.45) is -3.03. The van der Waals surface area contributed by atoms with E-state index in [4.69, 9.17) is 11.6 Å². The lowest BCUT2D eigenvalue weighted by molar-refractivity contribution is -0.137. The Balaban J connectivity index is 1.86. The monoisotopic (exact) mass is 419 g/mol. The molecule has 0 bridgehead atoms. The number of nitrogens with zero attached hydrogens (tertiary/aromatic N) is 1. The summed E-state index contributed by atoms with van der Waals surface area (Å²) in [6, 6.07) is 16.5. The van der Waals surface area contributed by atoms with Crippen molar-refractivity contribution in [3.05, 3.63) is 94.8 Å². The predicted molar refractivity (Wildman–Crippen MR) is 105 cm³/mol. The molecule has 3 rings (SSSR count). The molecule has 0 aliphatic rings. The molecule has 150 valence electrons. The lowest BCUT2D eigenvalue weighted by Crippen LogP contribution is -2.33. The number of amides is 1. The maximum atomic E-state index is 13.3. The quantitative estimate of drug-likeness (QED) is 0.575. The topological polar surface area (TPSA) is 54.0 Å². The Morgan fingerprint density at radius 1 is 1.03 bits per heavy atom. The van der Waals surface area contributed by atoms with Gasteiger partial charge in [-0.3, -0.25) is 15.1 Å². The van der Waals surface area contributed by atoms with E-state index in [0.717, 1.165) is 12.1 Å². The van der Waals surface area contributed by atoms with Gasteiger partial charge in [0.2, 0.25) is 5.91 Å². The van der Waals surface area contributed by atoms with Gasteiger partial charge in [-0.15, -0.1) is 0 Å². The van der Waals surface area contributed by atoms with Crippen LogP contribution in [0.4, 0.5) is 18.9 Å². The fourth-order valence-corrected chi connectivity index (χ4v) is 2.95. The fraction of sp³-hybridized carbons (Fsp3) is 0.143. The van der Waals surface area contributed by atoms with Gasteiger partial charge >= 0.3 is 6.18 Å². The second kappa shape index (κ2) is 9.07. The summed E-state index contributed by atoms with van der Waals surface area (Å²) < 4.78 is 40.0. The molecule has 2 aromatic carbocycles. The predicted octanol–water partition coefficient (Wildman–Crippen LogP) is 5.22. The third kappa shape index (κ3) is 5.56. The number of carbonyl (C=O) groups is 1. The maximum absolute atomic E-state index is 13.3. The van der Waals surface area contributed by atoms with Crippen LogP contribution < -0.4 is 10.6 Å². The average Bonchev–Trinajstić information content (AvgIpc) is 2.70. The van der Waals surface area contributed by atoms with Gasteiger partial charge in [0.1, 0.15) is 6.04 Å². The Morgan fingerprint density at radius 2 is 1.76 bits per heavy atom. The third-order valence-corrected chi connectivity index (χ3v) is 4.39. The zero-order chi connectivity index (χ0) is 20.9. The van der Waals surface area contributed by atoms with Crippen molar-refractivity contribution in [1.82, 2.24) is 10.3 Å². The van der Waals surface area contributed by atoms with E-state index in [1.165, 1.54) is 6.07 Å². The van der Waals surface area contributed by atoms with Crippen molar-refractivity contribution in [2.24, 2.45) is 0 Å². The van der Waals surface area contributed by atoms with Gasteiger partial charge in [0.15, 0.2) is 0 Å². The van der Waals surface area contributed by atoms with Crippen molar-refractivity contribution in [3.63, 3.8) is 0 Å². The summed E-state index contributed by atoms with van der Waals surface area (Å²) >= 11 is 5.70. The van der Waals surface area contributed by atoms with Crippen LogP contribution >= 0.6 is 11.6 Å². The zero-order valence-electron chi connectivity index (χ0n) is 15.1. The Labute approximate surface area is 170 Å². The first-order chi connectivity index (χ1) is 13.8. The number of hydrogen-bond acceptors (Lipinski definition) is 3. The highest BCUT2D eigenvalue weighted by Gasteiger charge is 2.35. The van der Waals surface area contributed by atoms with E-state index >= 15 is 0 Å². The van der Waals surface area contributed by atoms with Crippen LogP contribution in [0.15, 0.2) is 72.9 Å². The van der Waals surface area contributed by atoms with Gasteiger partial charge in [0.05, 0.1) is 16.9 Å². The van der Waals surface area contributed by atoms with Crippen molar-refractivity contribution < 1.29 is 18.0 Å². The normalized spacial score (nSPS) is 12.4. The number of nitrogens with one attached hydrogen (secondary N) is 2. The van der Waals surface area contributed by atoms with E-state index in [1.807, 2.05) is 6.07 Å². The molecule has 0 spiro atoms. The lowest BCUT2D eigenvalue weighted by Gasteiger charge is -2.20. The van der Waals surface area contributed by atoms with Crippen LogP contribution in [0.25, 0.3) is 0 Å². The molecule has 1 heterocycles. The third-order valence-electron chi connectivity index (χ3n) is 4.15. The molecule has 0 saturated heterocycles. The van der Waals surface area contributed by atoms with Crippen LogP contribution in [0.3, 0.4) is 0 Å².